The second-order valence-electron chi connectivity index (χ2n) is 4.89. The van der Waals surface area contributed by atoms with Crippen LogP contribution in [0.15, 0.2) is 48.5 Å². The van der Waals surface area contributed by atoms with Gasteiger partial charge in [0.15, 0.2) is 0 Å². The van der Waals surface area contributed by atoms with Gasteiger partial charge in [-0.15, -0.1) is 0 Å². The van der Waals surface area contributed by atoms with Crippen molar-refractivity contribution in [3.05, 3.63) is 65.2 Å². The number of benzene rings is 2. The molecule has 0 saturated carbocycles. The smallest absolute Gasteiger partial charge is 0.259 e. The van der Waals surface area contributed by atoms with E-state index in [1.807, 2.05) is 42.5 Å². The maximum Gasteiger partial charge on any atom is 0.259 e. The standard InChI is InChI=1S/C17H15NO3/c19-16-14-10-4-6-12(15(14)17(20)18-16)7-5-11-21-13-8-2-1-3-9-13/h1-4,6,8-10H,5,7,11H2,(H,18,19,20). The number of rotatable bonds is 5. The van der Waals surface area contributed by atoms with Crippen molar-refractivity contribution in [1.82, 2.24) is 5.32 Å². The van der Waals surface area contributed by atoms with Crippen LogP contribution in [0.2, 0.25) is 0 Å². The van der Waals surface area contributed by atoms with Gasteiger partial charge in [0.1, 0.15) is 5.75 Å². The molecular formula is C17H15NO3. The van der Waals surface area contributed by atoms with Crippen molar-refractivity contribution in [2.24, 2.45) is 0 Å². The minimum absolute atomic E-state index is 0.297. The quantitative estimate of drug-likeness (QED) is 0.677. The second kappa shape index (κ2) is 5.79. The molecule has 0 bridgehead atoms. The van der Waals surface area contributed by atoms with Crippen LogP contribution in [0.5, 0.6) is 5.75 Å². The van der Waals surface area contributed by atoms with Crippen LogP contribution in [-0.4, -0.2) is 18.4 Å². The Balaban J connectivity index is 1.62. The van der Waals surface area contributed by atoms with Gasteiger partial charge in [-0.1, -0.05) is 30.3 Å². The fraction of sp³-hybridized carbons (Fsp3) is 0.176. The molecular weight excluding hydrogens is 266 g/mol. The molecule has 1 N–H and O–H groups in total. The lowest BCUT2D eigenvalue weighted by Crippen LogP contribution is -2.20. The summed E-state index contributed by atoms with van der Waals surface area (Å²) in [6, 6.07) is 15.0. The molecule has 4 nitrogen and oxygen atoms in total. The Bertz CT molecular complexity index is 680. The van der Waals surface area contributed by atoms with Crippen LogP contribution in [0.25, 0.3) is 0 Å². The molecule has 2 aromatic carbocycles. The van der Waals surface area contributed by atoms with Crippen molar-refractivity contribution in [2.75, 3.05) is 6.61 Å². The summed E-state index contributed by atoms with van der Waals surface area (Å²) in [6.45, 7) is 0.573. The Morgan fingerprint density at radius 2 is 1.71 bits per heavy atom. The average Bonchev–Trinajstić information content (AvgIpc) is 2.80. The zero-order valence-corrected chi connectivity index (χ0v) is 11.5. The summed E-state index contributed by atoms with van der Waals surface area (Å²) in [6.07, 6.45) is 1.49. The molecule has 0 unspecified atom stereocenters. The Labute approximate surface area is 122 Å². The number of carbonyl (C=O) groups is 2. The number of hydrogen-bond donors (Lipinski definition) is 1. The van der Waals surface area contributed by atoms with Crippen LogP contribution in [0, 0.1) is 0 Å². The molecule has 0 fully saturated rings. The molecule has 0 radical (unpaired) electrons. The molecule has 2 aromatic rings. The summed E-state index contributed by atoms with van der Waals surface area (Å²) in [5, 5.41) is 2.33. The number of hydrogen-bond acceptors (Lipinski definition) is 3. The van der Waals surface area contributed by atoms with Crippen molar-refractivity contribution >= 4 is 11.8 Å². The predicted molar refractivity (Wildman–Crippen MR) is 78.5 cm³/mol. The number of nitrogens with one attached hydrogen (secondary N) is 1. The lowest BCUT2D eigenvalue weighted by molar-refractivity contribution is 0.0879. The SMILES string of the molecule is O=C1NC(=O)c2c(CCCOc3ccccc3)cccc21. The maximum absolute atomic E-state index is 11.8. The molecule has 4 heteroatoms. The minimum Gasteiger partial charge on any atom is -0.494 e. The zero-order chi connectivity index (χ0) is 14.7. The molecule has 21 heavy (non-hydrogen) atoms. The topological polar surface area (TPSA) is 55.4 Å². The number of para-hydroxylation sites is 1. The largest absolute Gasteiger partial charge is 0.494 e. The van der Waals surface area contributed by atoms with Gasteiger partial charge >= 0.3 is 0 Å². The summed E-state index contributed by atoms with van der Waals surface area (Å²) in [4.78, 5) is 23.4. The van der Waals surface area contributed by atoms with Crippen LogP contribution in [0.1, 0.15) is 32.7 Å². The summed E-state index contributed by atoms with van der Waals surface area (Å²) in [5.41, 5.74) is 1.89. The van der Waals surface area contributed by atoms with E-state index in [0.717, 1.165) is 17.7 Å². The van der Waals surface area contributed by atoms with Crippen molar-refractivity contribution in [3.8, 4) is 5.75 Å². The third kappa shape index (κ3) is 2.79. The van der Waals surface area contributed by atoms with E-state index in [-0.39, 0.29) is 11.8 Å². The molecule has 0 aromatic heterocycles. The van der Waals surface area contributed by atoms with E-state index in [1.165, 1.54) is 0 Å². The van der Waals surface area contributed by atoms with Gasteiger partial charge in [-0.2, -0.15) is 0 Å². The average molecular weight is 281 g/mol. The third-order valence-electron chi connectivity index (χ3n) is 3.45. The predicted octanol–water partition coefficient (Wildman–Crippen LogP) is 2.58. The highest BCUT2D eigenvalue weighted by Gasteiger charge is 2.28. The van der Waals surface area contributed by atoms with Gasteiger partial charge in [0.2, 0.25) is 0 Å². The molecule has 3 rings (SSSR count). The Kier molecular flexibility index (Phi) is 3.69. The summed E-state index contributed by atoms with van der Waals surface area (Å²) < 4.78 is 5.63. The molecule has 2 amide bonds. The van der Waals surface area contributed by atoms with Gasteiger partial charge in [0.05, 0.1) is 17.7 Å². The van der Waals surface area contributed by atoms with E-state index >= 15 is 0 Å². The van der Waals surface area contributed by atoms with Crippen molar-refractivity contribution in [1.29, 1.82) is 0 Å². The maximum atomic E-state index is 11.8. The fourth-order valence-electron chi connectivity index (χ4n) is 2.47. The van der Waals surface area contributed by atoms with Crippen LogP contribution in [0.4, 0.5) is 0 Å². The lowest BCUT2D eigenvalue weighted by Gasteiger charge is -2.07. The van der Waals surface area contributed by atoms with Gasteiger partial charge in [-0.05, 0) is 36.6 Å². The first-order chi connectivity index (χ1) is 10.3. The number of amides is 2. The van der Waals surface area contributed by atoms with E-state index in [4.69, 9.17) is 4.74 Å². The van der Waals surface area contributed by atoms with Gasteiger partial charge in [-0.3, -0.25) is 14.9 Å². The number of imide groups is 1. The third-order valence-corrected chi connectivity index (χ3v) is 3.45. The van der Waals surface area contributed by atoms with Gasteiger partial charge in [-0.25, -0.2) is 0 Å². The van der Waals surface area contributed by atoms with E-state index in [0.29, 0.717) is 24.2 Å². The first-order valence-electron chi connectivity index (χ1n) is 6.91. The number of fused-ring (bicyclic) bond motifs is 1. The molecule has 106 valence electrons. The van der Waals surface area contributed by atoms with E-state index in [1.54, 1.807) is 6.07 Å². The normalized spacial score (nSPS) is 13.0. The monoisotopic (exact) mass is 281 g/mol. The van der Waals surface area contributed by atoms with Gasteiger partial charge < -0.3 is 4.74 Å². The highest BCUT2D eigenvalue weighted by molar-refractivity contribution is 6.22. The minimum atomic E-state index is -0.308. The first kappa shape index (κ1) is 13.4. The van der Waals surface area contributed by atoms with Crippen LogP contribution in [0.3, 0.4) is 0 Å². The molecule has 0 aliphatic carbocycles. The molecule has 0 atom stereocenters. The lowest BCUT2D eigenvalue weighted by atomic mass is 9.99. The molecule has 1 aliphatic rings. The fourth-order valence-corrected chi connectivity index (χ4v) is 2.47. The first-order valence-corrected chi connectivity index (χ1v) is 6.91. The van der Waals surface area contributed by atoms with Crippen molar-refractivity contribution < 1.29 is 14.3 Å². The van der Waals surface area contributed by atoms with Crippen LogP contribution in [-0.2, 0) is 6.42 Å². The number of carbonyl (C=O) groups excluding carboxylic acids is 2. The molecule has 0 saturated heterocycles. The molecule has 0 spiro atoms. The number of ether oxygens (including phenoxy) is 1. The number of aryl methyl sites for hydroxylation is 1. The Morgan fingerprint density at radius 1 is 0.905 bits per heavy atom. The summed E-state index contributed by atoms with van der Waals surface area (Å²) in [5.74, 6) is 0.232. The van der Waals surface area contributed by atoms with Crippen molar-refractivity contribution in [2.45, 2.75) is 12.8 Å². The van der Waals surface area contributed by atoms with E-state index in [9.17, 15) is 9.59 Å². The summed E-state index contributed by atoms with van der Waals surface area (Å²) >= 11 is 0. The Hall–Kier alpha value is -2.62. The van der Waals surface area contributed by atoms with E-state index in [2.05, 4.69) is 5.32 Å². The van der Waals surface area contributed by atoms with Crippen molar-refractivity contribution in [3.63, 3.8) is 0 Å². The van der Waals surface area contributed by atoms with Gasteiger partial charge in [0, 0.05) is 0 Å². The highest BCUT2D eigenvalue weighted by atomic mass is 16.5. The molecule has 1 aliphatic heterocycles. The highest BCUT2D eigenvalue weighted by Crippen LogP contribution is 2.21. The summed E-state index contributed by atoms with van der Waals surface area (Å²) in [7, 11) is 0. The van der Waals surface area contributed by atoms with Gasteiger partial charge in [0.25, 0.3) is 11.8 Å². The second-order valence-corrected chi connectivity index (χ2v) is 4.89. The zero-order valence-electron chi connectivity index (χ0n) is 11.5. The van der Waals surface area contributed by atoms with E-state index < -0.39 is 0 Å². The molecule has 1 heterocycles. The van der Waals surface area contributed by atoms with Crippen LogP contribution >= 0.6 is 0 Å². The Morgan fingerprint density at radius 3 is 2.52 bits per heavy atom. The van der Waals surface area contributed by atoms with Crippen LogP contribution < -0.4 is 10.1 Å².